The Balaban J connectivity index is 1.50. The number of amides is 2. The van der Waals surface area contributed by atoms with Crippen LogP contribution in [0.25, 0.3) is 11.4 Å². The Morgan fingerprint density at radius 3 is 2.79 bits per heavy atom. The van der Waals surface area contributed by atoms with E-state index in [2.05, 4.69) is 10.3 Å². The zero-order valence-corrected chi connectivity index (χ0v) is 16.0. The van der Waals surface area contributed by atoms with Crippen molar-refractivity contribution >= 4 is 11.7 Å². The maximum Gasteiger partial charge on any atom is 0.322 e. The number of aromatic nitrogens is 2. The minimum atomic E-state index is -0.151. The molecule has 1 aliphatic heterocycles. The van der Waals surface area contributed by atoms with Gasteiger partial charge in [-0.1, -0.05) is 36.4 Å². The minimum absolute atomic E-state index is 0.151. The first kappa shape index (κ1) is 18.0. The molecular weight excluding hydrogens is 352 g/mol. The van der Waals surface area contributed by atoms with Gasteiger partial charge in [0.05, 0.1) is 25.0 Å². The molecule has 0 radical (unpaired) electrons. The lowest BCUT2D eigenvalue weighted by Crippen LogP contribution is -2.39. The topological polar surface area (TPSA) is 67.3 Å². The third-order valence-electron chi connectivity index (χ3n) is 4.85. The number of carbonyl (C=O) groups excluding carboxylic acids is 1. The van der Waals surface area contributed by atoms with E-state index in [1.165, 1.54) is 0 Å². The van der Waals surface area contributed by atoms with Crippen LogP contribution in [0.3, 0.4) is 0 Å². The van der Waals surface area contributed by atoms with E-state index in [-0.39, 0.29) is 6.03 Å². The van der Waals surface area contributed by atoms with E-state index in [9.17, 15) is 4.79 Å². The zero-order chi connectivity index (χ0) is 19.5. The second-order valence-corrected chi connectivity index (χ2v) is 6.84. The summed E-state index contributed by atoms with van der Waals surface area (Å²) < 4.78 is 5.35. The number of nitrogens with zero attached hydrogens (tertiary/aromatic N) is 3. The highest BCUT2D eigenvalue weighted by Gasteiger charge is 2.23. The molecule has 2 amide bonds. The lowest BCUT2D eigenvalue weighted by molar-refractivity contribution is 0.205. The molecule has 3 aromatic rings. The summed E-state index contributed by atoms with van der Waals surface area (Å²) in [5.74, 6) is 1.37. The van der Waals surface area contributed by atoms with Gasteiger partial charge in [-0.2, -0.15) is 0 Å². The number of carbonyl (C=O) groups is 1. The number of hydrogen-bond acceptors (Lipinski definition) is 4. The van der Waals surface area contributed by atoms with Crippen molar-refractivity contribution in [3.05, 3.63) is 71.5 Å². The predicted octanol–water partition coefficient (Wildman–Crippen LogP) is 4.05. The first-order valence-electron chi connectivity index (χ1n) is 9.25. The number of anilines is 1. The van der Waals surface area contributed by atoms with Crippen molar-refractivity contribution < 1.29 is 9.53 Å². The number of urea groups is 1. The van der Waals surface area contributed by atoms with Crippen molar-refractivity contribution in [1.82, 2.24) is 14.9 Å². The van der Waals surface area contributed by atoms with Gasteiger partial charge in [-0.15, -0.1) is 0 Å². The standard InChI is InChI=1S/C22H22N4O2/c1-15-8-9-20(28-2)19(12-15)25-22(27)26-11-10-18-17(14-26)13-23-21(24-18)16-6-4-3-5-7-16/h3-9,12-13H,10-11,14H2,1-2H3,(H,25,27). The Morgan fingerprint density at radius 2 is 2.00 bits per heavy atom. The lowest BCUT2D eigenvalue weighted by Gasteiger charge is -2.28. The van der Waals surface area contributed by atoms with Crippen LogP contribution in [0.4, 0.5) is 10.5 Å². The van der Waals surface area contributed by atoms with Crippen LogP contribution < -0.4 is 10.1 Å². The SMILES string of the molecule is COc1ccc(C)cc1NC(=O)N1CCc2nc(-c3ccccc3)ncc2C1. The molecule has 142 valence electrons. The maximum atomic E-state index is 12.8. The molecule has 28 heavy (non-hydrogen) atoms. The van der Waals surface area contributed by atoms with E-state index in [0.29, 0.717) is 30.9 Å². The summed E-state index contributed by atoms with van der Waals surface area (Å²) >= 11 is 0. The Bertz CT molecular complexity index is 1000. The second-order valence-electron chi connectivity index (χ2n) is 6.84. The number of hydrogen-bond donors (Lipinski definition) is 1. The molecule has 4 rings (SSSR count). The fourth-order valence-electron chi connectivity index (χ4n) is 3.33. The van der Waals surface area contributed by atoms with Crippen molar-refractivity contribution in [2.45, 2.75) is 19.9 Å². The lowest BCUT2D eigenvalue weighted by atomic mass is 10.1. The first-order chi connectivity index (χ1) is 13.6. The molecule has 0 bridgehead atoms. The van der Waals surface area contributed by atoms with Crippen LogP contribution in [-0.4, -0.2) is 34.6 Å². The van der Waals surface area contributed by atoms with Crippen LogP contribution in [0.1, 0.15) is 16.8 Å². The van der Waals surface area contributed by atoms with Crippen LogP contribution in [-0.2, 0) is 13.0 Å². The number of fused-ring (bicyclic) bond motifs is 1. The number of ether oxygens (including phenoxy) is 1. The highest BCUT2D eigenvalue weighted by atomic mass is 16.5. The van der Waals surface area contributed by atoms with Gasteiger partial charge in [0.25, 0.3) is 0 Å². The molecule has 6 heteroatoms. The van der Waals surface area contributed by atoms with Gasteiger partial charge in [0, 0.05) is 30.3 Å². The van der Waals surface area contributed by atoms with Gasteiger partial charge in [-0.25, -0.2) is 14.8 Å². The van der Waals surface area contributed by atoms with E-state index in [1.54, 1.807) is 12.0 Å². The van der Waals surface area contributed by atoms with Crippen molar-refractivity contribution in [2.75, 3.05) is 19.0 Å². The molecule has 1 N–H and O–H groups in total. The van der Waals surface area contributed by atoms with Gasteiger partial charge in [0.2, 0.25) is 0 Å². The molecule has 1 aromatic heterocycles. The number of benzene rings is 2. The van der Waals surface area contributed by atoms with Gasteiger partial charge < -0.3 is 15.0 Å². The first-order valence-corrected chi connectivity index (χ1v) is 9.25. The predicted molar refractivity (Wildman–Crippen MR) is 108 cm³/mol. The summed E-state index contributed by atoms with van der Waals surface area (Å²) in [5.41, 5.74) is 4.72. The quantitative estimate of drug-likeness (QED) is 0.751. The smallest absolute Gasteiger partial charge is 0.322 e. The molecule has 0 unspecified atom stereocenters. The Labute approximate surface area is 164 Å². The molecule has 0 atom stereocenters. The molecule has 2 heterocycles. The molecule has 0 aliphatic carbocycles. The average Bonchev–Trinajstić information content (AvgIpc) is 2.74. The fraction of sp³-hybridized carbons (Fsp3) is 0.227. The number of rotatable bonds is 3. The van der Waals surface area contributed by atoms with Crippen molar-refractivity contribution in [2.24, 2.45) is 0 Å². The molecule has 1 aliphatic rings. The maximum absolute atomic E-state index is 12.8. The van der Waals surface area contributed by atoms with Gasteiger partial charge in [-0.3, -0.25) is 0 Å². The number of aryl methyl sites for hydroxylation is 1. The van der Waals surface area contributed by atoms with Gasteiger partial charge >= 0.3 is 6.03 Å². The summed E-state index contributed by atoms with van der Waals surface area (Å²) in [6.07, 6.45) is 2.54. The van der Waals surface area contributed by atoms with Crippen molar-refractivity contribution in [3.8, 4) is 17.1 Å². The molecular formula is C22H22N4O2. The van der Waals surface area contributed by atoms with Gasteiger partial charge in [-0.05, 0) is 24.6 Å². The molecule has 0 saturated heterocycles. The van der Waals surface area contributed by atoms with E-state index >= 15 is 0 Å². The third kappa shape index (κ3) is 3.67. The summed E-state index contributed by atoms with van der Waals surface area (Å²) in [6, 6.07) is 15.5. The second kappa shape index (κ2) is 7.68. The minimum Gasteiger partial charge on any atom is -0.495 e. The van der Waals surface area contributed by atoms with Crippen molar-refractivity contribution in [3.63, 3.8) is 0 Å². The van der Waals surface area contributed by atoms with Gasteiger partial charge in [0.1, 0.15) is 5.75 Å². The molecule has 6 nitrogen and oxygen atoms in total. The average molecular weight is 374 g/mol. The zero-order valence-electron chi connectivity index (χ0n) is 16.0. The number of methoxy groups -OCH3 is 1. The summed E-state index contributed by atoms with van der Waals surface area (Å²) in [4.78, 5) is 23.7. The molecule has 0 spiro atoms. The van der Waals surface area contributed by atoms with Crippen molar-refractivity contribution in [1.29, 1.82) is 0 Å². The monoisotopic (exact) mass is 374 g/mol. The van der Waals surface area contributed by atoms with Crippen LogP contribution in [0.5, 0.6) is 5.75 Å². The molecule has 0 saturated carbocycles. The Morgan fingerprint density at radius 1 is 1.18 bits per heavy atom. The normalized spacial score (nSPS) is 13.0. The van der Waals surface area contributed by atoms with Gasteiger partial charge in [0.15, 0.2) is 5.82 Å². The van der Waals surface area contributed by atoms with E-state index in [0.717, 1.165) is 28.2 Å². The largest absolute Gasteiger partial charge is 0.495 e. The van der Waals surface area contributed by atoms with Crippen LogP contribution in [0.15, 0.2) is 54.7 Å². The Hall–Kier alpha value is -3.41. The van der Waals surface area contributed by atoms with E-state index in [4.69, 9.17) is 9.72 Å². The van der Waals surface area contributed by atoms with Crippen LogP contribution in [0.2, 0.25) is 0 Å². The van der Waals surface area contributed by atoms with Crippen LogP contribution in [0, 0.1) is 6.92 Å². The van der Waals surface area contributed by atoms with E-state index in [1.807, 2.05) is 61.7 Å². The highest BCUT2D eigenvalue weighted by Crippen LogP contribution is 2.27. The van der Waals surface area contributed by atoms with E-state index < -0.39 is 0 Å². The fourth-order valence-corrected chi connectivity index (χ4v) is 3.33. The highest BCUT2D eigenvalue weighted by molar-refractivity contribution is 5.91. The van der Waals surface area contributed by atoms with Crippen LogP contribution >= 0.6 is 0 Å². The Kier molecular flexibility index (Phi) is 4.93. The third-order valence-corrected chi connectivity index (χ3v) is 4.85. The summed E-state index contributed by atoms with van der Waals surface area (Å²) in [7, 11) is 1.60. The summed E-state index contributed by atoms with van der Waals surface area (Å²) in [5, 5.41) is 2.96. The molecule has 2 aromatic carbocycles. The number of nitrogens with one attached hydrogen (secondary N) is 1. The summed E-state index contributed by atoms with van der Waals surface area (Å²) in [6.45, 7) is 3.08. The molecule has 0 fully saturated rings.